The zero-order chi connectivity index (χ0) is 11.5. The number of nitrogens with zero attached hydrogens (tertiary/aromatic N) is 2. The predicted molar refractivity (Wildman–Crippen MR) is 65.2 cm³/mol. The Labute approximate surface area is 98.8 Å². The van der Waals surface area contributed by atoms with Gasteiger partial charge in [0.05, 0.1) is 0 Å². The highest BCUT2D eigenvalue weighted by Gasteiger charge is 2.27. The van der Waals surface area contributed by atoms with Crippen LogP contribution in [0.15, 0.2) is 0 Å². The van der Waals surface area contributed by atoms with Crippen molar-refractivity contribution in [3.63, 3.8) is 0 Å². The van der Waals surface area contributed by atoms with Gasteiger partial charge in [0.15, 0.2) is 0 Å². The fraction of sp³-hybridized carbons (Fsp3) is 0.923. The molecular weight excluding hydrogens is 200 g/mol. The molecule has 2 atom stereocenters. The Morgan fingerprint density at radius 3 is 2.31 bits per heavy atom. The number of carbonyl (C=O) groups excluding carboxylic acids is 1. The van der Waals surface area contributed by atoms with Crippen molar-refractivity contribution in [2.24, 2.45) is 11.8 Å². The number of rotatable bonds is 3. The Bertz CT molecular complexity index is 246. The van der Waals surface area contributed by atoms with Gasteiger partial charge in [0.1, 0.15) is 0 Å². The second-order valence-electron chi connectivity index (χ2n) is 5.45. The van der Waals surface area contributed by atoms with Gasteiger partial charge in [-0.05, 0) is 31.2 Å². The molecule has 1 heterocycles. The third-order valence-corrected chi connectivity index (χ3v) is 4.43. The topological polar surface area (TPSA) is 23.6 Å². The summed E-state index contributed by atoms with van der Waals surface area (Å²) in [7, 11) is 0. The number of piperazine rings is 1. The van der Waals surface area contributed by atoms with E-state index in [1.165, 1.54) is 25.8 Å². The van der Waals surface area contributed by atoms with E-state index in [0.29, 0.717) is 0 Å². The molecule has 0 N–H and O–H groups in total. The van der Waals surface area contributed by atoms with Crippen LogP contribution < -0.4 is 0 Å². The molecule has 3 nitrogen and oxygen atoms in total. The molecule has 1 amide bonds. The zero-order valence-corrected chi connectivity index (χ0v) is 10.6. The molecule has 3 heteroatoms. The summed E-state index contributed by atoms with van der Waals surface area (Å²) in [6.45, 7) is 9.28. The summed E-state index contributed by atoms with van der Waals surface area (Å²) < 4.78 is 0. The lowest BCUT2D eigenvalue weighted by atomic mass is 9.73. The van der Waals surface area contributed by atoms with E-state index in [2.05, 4.69) is 11.8 Å². The first-order valence-electron chi connectivity index (χ1n) is 6.64. The maximum Gasteiger partial charge on any atom is 0.219 e. The third kappa shape index (κ3) is 2.76. The van der Waals surface area contributed by atoms with E-state index in [1.54, 1.807) is 6.92 Å². The lowest BCUT2D eigenvalue weighted by molar-refractivity contribution is -0.130. The van der Waals surface area contributed by atoms with Crippen LogP contribution in [-0.4, -0.2) is 48.4 Å². The molecule has 16 heavy (non-hydrogen) atoms. The summed E-state index contributed by atoms with van der Waals surface area (Å²) in [6.07, 6.45) is 4.23. The van der Waals surface area contributed by atoms with Crippen LogP contribution in [0.25, 0.3) is 0 Å². The quantitative estimate of drug-likeness (QED) is 0.727. The van der Waals surface area contributed by atoms with Crippen LogP contribution in [0.2, 0.25) is 0 Å². The molecule has 2 fully saturated rings. The summed E-state index contributed by atoms with van der Waals surface area (Å²) >= 11 is 0. The average molecular weight is 224 g/mol. The molecule has 2 unspecified atom stereocenters. The maximum absolute atomic E-state index is 11.2. The van der Waals surface area contributed by atoms with Crippen molar-refractivity contribution in [1.82, 2.24) is 9.80 Å². The molecule has 1 saturated carbocycles. The van der Waals surface area contributed by atoms with Gasteiger partial charge in [0, 0.05) is 33.1 Å². The minimum absolute atomic E-state index is 0.229. The molecule has 1 saturated heterocycles. The first-order valence-corrected chi connectivity index (χ1v) is 6.64. The zero-order valence-electron chi connectivity index (χ0n) is 10.6. The monoisotopic (exact) mass is 224 g/mol. The van der Waals surface area contributed by atoms with Gasteiger partial charge < -0.3 is 4.90 Å². The van der Waals surface area contributed by atoms with Gasteiger partial charge in [-0.3, -0.25) is 9.69 Å². The Hall–Kier alpha value is -0.570. The van der Waals surface area contributed by atoms with Crippen molar-refractivity contribution in [1.29, 1.82) is 0 Å². The molecule has 2 rings (SSSR count). The van der Waals surface area contributed by atoms with Crippen molar-refractivity contribution in [2.75, 3.05) is 32.7 Å². The molecule has 1 aliphatic carbocycles. The summed E-state index contributed by atoms with van der Waals surface area (Å²) in [5.74, 6) is 2.16. The summed E-state index contributed by atoms with van der Waals surface area (Å²) in [5, 5.41) is 0. The fourth-order valence-corrected chi connectivity index (χ4v) is 2.80. The highest BCUT2D eigenvalue weighted by atomic mass is 16.2. The van der Waals surface area contributed by atoms with E-state index in [0.717, 1.165) is 38.0 Å². The summed E-state index contributed by atoms with van der Waals surface area (Å²) in [4.78, 5) is 15.7. The molecule has 92 valence electrons. The van der Waals surface area contributed by atoms with E-state index in [9.17, 15) is 4.79 Å². The van der Waals surface area contributed by atoms with Crippen molar-refractivity contribution >= 4 is 5.91 Å². The first kappa shape index (κ1) is 11.9. The average Bonchev–Trinajstić information content (AvgIpc) is 2.28. The van der Waals surface area contributed by atoms with Gasteiger partial charge in [-0.1, -0.05) is 13.3 Å². The Balaban J connectivity index is 1.63. The van der Waals surface area contributed by atoms with Gasteiger partial charge in [-0.2, -0.15) is 0 Å². The first-order chi connectivity index (χ1) is 7.66. The van der Waals surface area contributed by atoms with Gasteiger partial charge in [0.2, 0.25) is 5.91 Å². The van der Waals surface area contributed by atoms with Crippen LogP contribution in [0.3, 0.4) is 0 Å². The van der Waals surface area contributed by atoms with Gasteiger partial charge in [-0.25, -0.2) is 0 Å². The normalized spacial score (nSPS) is 31.2. The van der Waals surface area contributed by atoms with E-state index in [-0.39, 0.29) is 5.91 Å². The molecule has 0 aromatic rings. The Kier molecular flexibility index (Phi) is 3.85. The van der Waals surface area contributed by atoms with Crippen LogP contribution in [-0.2, 0) is 4.79 Å². The number of carbonyl (C=O) groups is 1. The molecule has 0 aromatic heterocycles. The van der Waals surface area contributed by atoms with Crippen molar-refractivity contribution < 1.29 is 4.79 Å². The van der Waals surface area contributed by atoms with Gasteiger partial charge in [0.25, 0.3) is 0 Å². The second-order valence-corrected chi connectivity index (χ2v) is 5.45. The van der Waals surface area contributed by atoms with E-state index in [4.69, 9.17) is 0 Å². The maximum atomic E-state index is 11.2. The van der Waals surface area contributed by atoms with Crippen molar-refractivity contribution in [2.45, 2.75) is 33.1 Å². The standard InChI is InChI=1S/C13H24N2O/c1-11-3-4-13(11)5-6-14-7-9-15(10-8-14)12(2)16/h11,13H,3-10H2,1-2H3. The number of hydrogen-bond acceptors (Lipinski definition) is 2. The fourth-order valence-electron chi connectivity index (χ4n) is 2.80. The lowest BCUT2D eigenvalue weighted by Gasteiger charge is -2.38. The number of hydrogen-bond donors (Lipinski definition) is 0. The molecule has 0 bridgehead atoms. The Morgan fingerprint density at radius 2 is 1.88 bits per heavy atom. The largest absolute Gasteiger partial charge is 0.340 e. The molecule has 2 aliphatic rings. The second kappa shape index (κ2) is 5.17. The smallest absolute Gasteiger partial charge is 0.219 e. The summed E-state index contributed by atoms with van der Waals surface area (Å²) in [5.41, 5.74) is 0. The van der Waals surface area contributed by atoms with E-state index >= 15 is 0 Å². The SMILES string of the molecule is CC(=O)N1CCN(CCC2CCC2C)CC1. The van der Waals surface area contributed by atoms with Crippen molar-refractivity contribution in [3.8, 4) is 0 Å². The highest BCUT2D eigenvalue weighted by molar-refractivity contribution is 5.73. The van der Waals surface area contributed by atoms with E-state index in [1.807, 2.05) is 4.90 Å². The van der Waals surface area contributed by atoms with Crippen LogP contribution in [0, 0.1) is 11.8 Å². The van der Waals surface area contributed by atoms with Crippen LogP contribution in [0.5, 0.6) is 0 Å². The summed E-state index contributed by atoms with van der Waals surface area (Å²) in [6, 6.07) is 0. The minimum Gasteiger partial charge on any atom is -0.340 e. The van der Waals surface area contributed by atoms with Gasteiger partial charge >= 0.3 is 0 Å². The van der Waals surface area contributed by atoms with Crippen LogP contribution >= 0.6 is 0 Å². The highest BCUT2D eigenvalue weighted by Crippen LogP contribution is 2.36. The third-order valence-electron chi connectivity index (χ3n) is 4.43. The Morgan fingerprint density at radius 1 is 1.19 bits per heavy atom. The molecule has 1 aliphatic heterocycles. The molecule has 0 spiro atoms. The van der Waals surface area contributed by atoms with Crippen LogP contribution in [0.4, 0.5) is 0 Å². The molecular formula is C13H24N2O. The molecule has 0 aromatic carbocycles. The van der Waals surface area contributed by atoms with Crippen LogP contribution in [0.1, 0.15) is 33.1 Å². The predicted octanol–water partition coefficient (Wildman–Crippen LogP) is 1.59. The van der Waals surface area contributed by atoms with Crippen molar-refractivity contribution in [3.05, 3.63) is 0 Å². The van der Waals surface area contributed by atoms with E-state index < -0.39 is 0 Å². The van der Waals surface area contributed by atoms with Gasteiger partial charge in [-0.15, -0.1) is 0 Å². The molecule has 0 radical (unpaired) electrons. The minimum atomic E-state index is 0.229. The lowest BCUT2D eigenvalue weighted by Crippen LogP contribution is -2.48. The number of amides is 1.